The minimum Gasteiger partial charge on any atom is -0.497 e. The zero-order valence-corrected chi connectivity index (χ0v) is 20.1. The summed E-state index contributed by atoms with van der Waals surface area (Å²) in [5.74, 6) is 1.56. The molecule has 0 bridgehead atoms. The molecule has 0 aliphatic carbocycles. The van der Waals surface area contributed by atoms with Crippen molar-refractivity contribution in [1.82, 2.24) is 15.1 Å². The molecular formula is C28H27N3O5. The maximum atomic E-state index is 12.3. The van der Waals surface area contributed by atoms with Gasteiger partial charge in [-0.15, -0.1) is 0 Å². The van der Waals surface area contributed by atoms with Gasteiger partial charge in [0.1, 0.15) is 17.2 Å². The number of carbonyl (C=O) groups excluding carboxylic acids is 1. The van der Waals surface area contributed by atoms with Gasteiger partial charge in [0.25, 0.3) is 11.5 Å². The predicted molar refractivity (Wildman–Crippen MR) is 137 cm³/mol. The first kappa shape index (κ1) is 24.5. The molecule has 1 heterocycles. The summed E-state index contributed by atoms with van der Waals surface area (Å²) in [5.41, 5.74) is 3.16. The Hall–Kier alpha value is -4.59. The molecule has 0 saturated carbocycles. The van der Waals surface area contributed by atoms with Crippen LogP contribution in [0.5, 0.6) is 17.2 Å². The molecule has 1 amide bonds. The SMILES string of the molecule is COc1ccc(OC)c(-c2ccc(=O)n(CCNC(=O)COc3ccc(-c4ccccc4)cc3)n2)c1. The van der Waals surface area contributed by atoms with Crippen molar-refractivity contribution in [3.63, 3.8) is 0 Å². The van der Waals surface area contributed by atoms with Crippen molar-refractivity contribution in [2.24, 2.45) is 0 Å². The Bertz CT molecular complexity index is 1370. The van der Waals surface area contributed by atoms with Crippen LogP contribution in [-0.2, 0) is 11.3 Å². The van der Waals surface area contributed by atoms with Crippen molar-refractivity contribution in [2.75, 3.05) is 27.4 Å². The van der Waals surface area contributed by atoms with E-state index in [0.29, 0.717) is 28.5 Å². The quantitative estimate of drug-likeness (QED) is 0.368. The van der Waals surface area contributed by atoms with E-state index in [4.69, 9.17) is 14.2 Å². The highest BCUT2D eigenvalue weighted by molar-refractivity contribution is 5.77. The van der Waals surface area contributed by atoms with Crippen LogP contribution in [0.1, 0.15) is 0 Å². The molecule has 36 heavy (non-hydrogen) atoms. The fraction of sp³-hybridized carbons (Fsp3) is 0.179. The van der Waals surface area contributed by atoms with Gasteiger partial charge in [-0.05, 0) is 47.5 Å². The summed E-state index contributed by atoms with van der Waals surface area (Å²) in [4.78, 5) is 24.6. The van der Waals surface area contributed by atoms with E-state index < -0.39 is 0 Å². The Labute approximate surface area is 209 Å². The standard InChI is InChI=1S/C28H27N3O5/c1-34-23-12-14-26(35-2)24(18-23)25-13-15-28(33)31(30-25)17-16-29-27(32)19-36-22-10-8-21(9-11-22)20-6-4-3-5-7-20/h3-15,18H,16-17,19H2,1-2H3,(H,29,32). The van der Waals surface area contributed by atoms with Crippen molar-refractivity contribution < 1.29 is 19.0 Å². The summed E-state index contributed by atoms with van der Waals surface area (Å²) in [7, 11) is 3.14. The molecule has 0 aliphatic rings. The van der Waals surface area contributed by atoms with E-state index in [1.54, 1.807) is 38.5 Å². The van der Waals surface area contributed by atoms with Crippen molar-refractivity contribution in [2.45, 2.75) is 6.54 Å². The minimum atomic E-state index is -0.291. The van der Waals surface area contributed by atoms with E-state index in [0.717, 1.165) is 11.1 Å². The number of nitrogens with one attached hydrogen (secondary N) is 1. The highest BCUT2D eigenvalue weighted by atomic mass is 16.5. The van der Waals surface area contributed by atoms with Crippen LogP contribution >= 0.6 is 0 Å². The maximum Gasteiger partial charge on any atom is 0.266 e. The fourth-order valence-electron chi connectivity index (χ4n) is 3.64. The fourth-order valence-corrected chi connectivity index (χ4v) is 3.64. The van der Waals surface area contributed by atoms with E-state index in [9.17, 15) is 9.59 Å². The second kappa shape index (κ2) is 11.7. The highest BCUT2D eigenvalue weighted by Gasteiger charge is 2.11. The van der Waals surface area contributed by atoms with E-state index in [2.05, 4.69) is 10.4 Å². The predicted octanol–water partition coefficient (Wildman–Crippen LogP) is 3.79. The van der Waals surface area contributed by atoms with Gasteiger partial charge in [0.15, 0.2) is 6.61 Å². The molecule has 0 fully saturated rings. The Morgan fingerprint density at radius 3 is 2.31 bits per heavy atom. The van der Waals surface area contributed by atoms with Crippen LogP contribution < -0.4 is 25.1 Å². The second-order valence-electron chi connectivity index (χ2n) is 7.88. The monoisotopic (exact) mass is 485 g/mol. The van der Waals surface area contributed by atoms with E-state index >= 15 is 0 Å². The number of aromatic nitrogens is 2. The molecule has 0 atom stereocenters. The molecular weight excluding hydrogens is 458 g/mol. The molecule has 0 aliphatic heterocycles. The number of rotatable bonds is 10. The molecule has 3 aromatic carbocycles. The topological polar surface area (TPSA) is 91.7 Å². The van der Waals surface area contributed by atoms with Gasteiger partial charge in [-0.25, -0.2) is 4.68 Å². The van der Waals surface area contributed by atoms with Gasteiger partial charge in [-0.1, -0.05) is 42.5 Å². The lowest BCUT2D eigenvalue weighted by atomic mass is 10.1. The third kappa shape index (κ3) is 6.09. The lowest BCUT2D eigenvalue weighted by Gasteiger charge is -2.12. The number of methoxy groups -OCH3 is 2. The maximum absolute atomic E-state index is 12.3. The van der Waals surface area contributed by atoms with Crippen LogP contribution in [0, 0.1) is 0 Å². The second-order valence-corrected chi connectivity index (χ2v) is 7.88. The third-order valence-corrected chi connectivity index (χ3v) is 5.53. The zero-order chi connectivity index (χ0) is 25.3. The molecule has 1 aromatic heterocycles. The number of hydrogen-bond donors (Lipinski definition) is 1. The summed E-state index contributed by atoms with van der Waals surface area (Å²) >= 11 is 0. The molecule has 4 rings (SSSR count). The Balaban J connectivity index is 1.32. The number of hydrogen-bond acceptors (Lipinski definition) is 6. The molecule has 0 saturated heterocycles. The average molecular weight is 486 g/mol. The molecule has 8 nitrogen and oxygen atoms in total. The lowest BCUT2D eigenvalue weighted by Crippen LogP contribution is -2.34. The van der Waals surface area contributed by atoms with Gasteiger partial charge in [0.05, 0.1) is 26.5 Å². The van der Waals surface area contributed by atoms with Gasteiger partial charge >= 0.3 is 0 Å². The van der Waals surface area contributed by atoms with Gasteiger partial charge in [-0.3, -0.25) is 9.59 Å². The molecule has 0 spiro atoms. The van der Waals surface area contributed by atoms with Crippen molar-refractivity contribution in [1.29, 1.82) is 0 Å². The van der Waals surface area contributed by atoms with Crippen LogP contribution in [0.2, 0.25) is 0 Å². The Morgan fingerprint density at radius 1 is 0.861 bits per heavy atom. The van der Waals surface area contributed by atoms with Crippen LogP contribution in [0.3, 0.4) is 0 Å². The highest BCUT2D eigenvalue weighted by Crippen LogP contribution is 2.31. The summed E-state index contributed by atoms with van der Waals surface area (Å²) in [6.45, 7) is 0.297. The zero-order valence-electron chi connectivity index (χ0n) is 20.1. The first-order valence-electron chi connectivity index (χ1n) is 11.4. The van der Waals surface area contributed by atoms with Crippen LogP contribution in [-0.4, -0.2) is 43.1 Å². The van der Waals surface area contributed by atoms with Gasteiger partial charge in [-0.2, -0.15) is 5.10 Å². The summed E-state index contributed by atoms with van der Waals surface area (Å²) in [6.07, 6.45) is 0. The minimum absolute atomic E-state index is 0.131. The lowest BCUT2D eigenvalue weighted by molar-refractivity contribution is -0.123. The van der Waals surface area contributed by atoms with E-state index in [1.165, 1.54) is 10.7 Å². The molecule has 8 heteroatoms. The van der Waals surface area contributed by atoms with Crippen LogP contribution in [0.15, 0.2) is 89.7 Å². The van der Waals surface area contributed by atoms with Crippen molar-refractivity contribution in [3.8, 4) is 39.6 Å². The molecule has 4 aromatic rings. The smallest absolute Gasteiger partial charge is 0.266 e. The first-order valence-corrected chi connectivity index (χ1v) is 11.4. The number of amides is 1. The first-order chi connectivity index (χ1) is 17.6. The average Bonchev–Trinajstić information content (AvgIpc) is 2.93. The van der Waals surface area contributed by atoms with Crippen LogP contribution in [0.25, 0.3) is 22.4 Å². The summed E-state index contributed by atoms with van der Waals surface area (Å²) in [6, 6.07) is 26.0. The van der Waals surface area contributed by atoms with E-state index in [-0.39, 0.29) is 31.2 Å². The number of benzene rings is 3. The Kier molecular flexibility index (Phi) is 7.97. The summed E-state index contributed by atoms with van der Waals surface area (Å²) < 4.78 is 17.6. The van der Waals surface area contributed by atoms with Crippen LogP contribution in [0.4, 0.5) is 0 Å². The molecule has 184 valence electrons. The van der Waals surface area contributed by atoms with Crippen molar-refractivity contribution in [3.05, 3.63) is 95.3 Å². The number of nitrogens with zero attached hydrogens (tertiary/aromatic N) is 2. The summed E-state index contributed by atoms with van der Waals surface area (Å²) in [5, 5.41) is 7.19. The van der Waals surface area contributed by atoms with Gasteiger partial charge in [0, 0.05) is 18.2 Å². The normalized spacial score (nSPS) is 10.5. The van der Waals surface area contributed by atoms with Gasteiger partial charge < -0.3 is 19.5 Å². The largest absolute Gasteiger partial charge is 0.497 e. The molecule has 0 radical (unpaired) electrons. The van der Waals surface area contributed by atoms with E-state index in [1.807, 2.05) is 54.6 Å². The molecule has 0 unspecified atom stereocenters. The Morgan fingerprint density at radius 2 is 1.58 bits per heavy atom. The number of carbonyl (C=O) groups is 1. The number of ether oxygens (including phenoxy) is 3. The van der Waals surface area contributed by atoms with Crippen molar-refractivity contribution >= 4 is 5.91 Å². The van der Waals surface area contributed by atoms with Gasteiger partial charge in [0.2, 0.25) is 0 Å². The third-order valence-electron chi connectivity index (χ3n) is 5.53. The molecule has 1 N–H and O–H groups in total.